The third-order valence-corrected chi connectivity index (χ3v) is 6.39. The highest BCUT2D eigenvalue weighted by Gasteiger charge is 2.64. The lowest BCUT2D eigenvalue weighted by Crippen LogP contribution is -2.50. The first-order valence-electron chi connectivity index (χ1n) is 12.2. The fourth-order valence-corrected chi connectivity index (χ4v) is 4.77. The molecule has 0 radical (unpaired) electrons. The molecule has 1 atom stereocenters. The maximum atomic E-state index is 14.4. The van der Waals surface area contributed by atoms with E-state index in [0.717, 1.165) is 10.5 Å². The van der Waals surface area contributed by atoms with E-state index in [-0.39, 0.29) is 48.0 Å². The number of benzene rings is 2. The fourth-order valence-electron chi connectivity index (χ4n) is 4.77. The molecule has 10 nitrogen and oxygen atoms in total. The predicted octanol–water partition coefficient (Wildman–Crippen LogP) is 2.64. The van der Waals surface area contributed by atoms with Crippen LogP contribution in [-0.2, 0) is 45.4 Å². The lowest BCUT2D eigenvalue weighted by atomic mass is 9.67. The van der Waals surface area contributed by atoms with Gasteiger partial charge in [0.05, 0.1) is 12.2 Å². The highest BCUT2D eigenvalue weighted by molar-refractivity contribution is 6.17. The topological polar surface area (TPSA) is 134 Å². The minimum atomic E-state index is -2.09. The molecule has 0 aliphatic carbocycles. The summed E-state index contributed by atoms with van der Waals surface area (Å²) < 4.78 is 21.7. The van der Waals surface area contributed by atoms with Crippen LogP contribution in [0.4, 0.5) is 0 Å². The van der Waals surface area contributed by atoms with Crippen molar-refractivity contribution in [3.63, 3.8) is 0 Å². The van der Waals surface area contributed by atoms with Gasteiger partial charge >= 0.3 is 17.9 Å². The number of esters is 3. The molecule has 2 aliphatic rings. The number of ether oxygens (including phenoxy) is 4. The molecule has 0 bridgehead atoms. The van der Waals surface area contributed by atoms with E-state index in [4.69, 9.17) is 24.7 Å². The van der Waals surface area contributed by atoms with Gasteiger partial charge < -0.3 is 29.6 Å². The van der Waals surface area contributed by atoms with Gasteiger partial charge in [0.25, 0.3) is 0 Å². The Bertz CT molecular complexity index is 1400. The molecule has 0 saturated heterocycles. The third kappa shape index (κ3) is 4.76. The first-order chi connectivity index (χ1) is 18.8. The molecule has 1 amide bonds. The van der Waals surface area contributed by atoms with Gasteiger partial charge in [-0.1, -0.05) is 61.2 Å². The maximum absolute atomic E-state index is 14.4. The molecule has 2 aromatic carbocycles. The lowest BCUT2D eigenvalue weighted by Gasteiger charge is -2.36. The van der Waals surface area contributed by atoms with Crippen LogP contribution in [0.25, 0.3) is 0 Å². The van der Waals surface area contributed by atoms with Crippen LogP contribution < -0.4 is 10.5 Å². The van der Waals surface area contributed by atoms with Crippen molar-refractivity contribution in [3.05, 3.63) is 101 Å². The summed E-state index contributed by atoms with van der Waals surface area (Å²) in [6.45, 7) is 5.89. The fraction of sp³-hybridized carbons (Fsp3) is 0.241. The smallest absolute Gasteiger partial charge is 0.341 e. The van der Waals surface area contributed by atoms with E-state index in [1.807, 2.05) is 6.07 Å². The summed E-state index contributed by atoms with van der Waals surface area (Å²) in [4.78, 5) is 55.2. The van der Waals surface area contributed by atoms with E-state index in [0.29, 0.717) is 0 Å². The average Bonchev–Trinajstić information content (AvgIpc) is 3.13. The molecule has 10 heteroatoms. The molecule has 1 spiro atoms. The molecule has 39 heavy (non-hydrogen) atoms. The predicted molar refractivity (Wildman–Crippen MR) is 138 cm³/mol. The normalized spacial score (nSPS) is 18.0. The van der Waals surface area contributed by atoms with Crippen molar-refractivity contribution >= 4 is 23.8 Å². The van der Waals surface area contributed by atoms with Crippen molar-refractivity contribution in [1.82, 2.24) is 4.90 Å². The zero-order valence-corrected chi connectivity index (χ0v) is 21.6. The van der Waals surface area contributed by atoms with Gasteiger partial charge in [-0.15, -0.1) is 0 Å². The van der Waals surface area contributed by atoms with Crippen molar-refractivity contribution in [2.45, 2.75) is 25.9 Å². The Balaban J connectivity index is 1.84. The van der Waals surface area contributed by atoms with Gasteiger partial charge in [0.1, 0.15) is 36.5 Å². The van der Waals surface area contributed by atoms with E-state index in [1.165, 1.54) is 13.0 Å². The Morgan fingerprint density at radius 2 is 1.67 bits per heavy atom. The van der Waals surface area contributed by atoms with Crippen molar-refractivity contribution in [3.8, 4) is 5.75 Å². The number of carbonyl (C=O) groups excluding carboxylic acids is 4. The molecular weight excluding hydrogens is 504 g/mol. The molecule has 0 saturated carbocycles. The molecule has 202 valence electrons. The average molecular weight is 533 g/mol. The van der Waals surface area contributed by atoms with E-state index in [2.05, 4.69) is 6.58 Å². The SMILES string of the molecule is C=CCOC(=O)C1=C(C)N(CC(=O)OCc2ccccc2)C(=O)[C@@]12C(C(=O)OCC)=C(N)Oc1ccccc12. The first kappa shape index (κ1) is 27.2. The molecule has 4 rings (SSSR count). The Hall–Kier alpha value is -4.86. The Labute approximate surface area is 225 Å². The van der Waals surface area contributed by atoms with Gasteiger partial charge in [-0.05, 0) is 25.5 Å². The maximum Gasteiger partial charge on any atom is 0.341 e. The summed E-state index contributed by atoms with van der Waals surface area (Å²) in [5, 5.41) is 0. The Morgan fingerprint density at radius 1 is 1.00 bits per heavy atom. The number of allylic oxidation sites excluding steroid dienone is 1. The summed E-state index contributed by atoms with van der Waals surface area (Å²) in [5.74, 6) is -3.59. The van der Waals surface area contributed by atoms with E-state index >= 15 is 0 Å². The van der Waals surface area contributed by atoms with E-state index in [9.17, 15) is 19.2 Å². The van der Waals surface area contributed by atoms with Gasteiger partial charge in [0, 0.05) is 11.3 Å². The highest BCUT2D eigenvalue weighted by Crippen LogP contribution is 2.54. The van der Waals surface area contributed by atoms with Crippen molar-refractivity contribution < 1.29 is 38.1 Å². The largest absolute Gasteiger partial charge is 0.462 e. The lowest BCUT2D eigenvalue weighted by molar-refractivity contribution is -0.149. The number of carbonyl (C=O) groups is 4. The quantitative estimate of drug-likeness (QED) is 0.294. The van der Waals surface area contributed by atoms with Crippen LogP contribution in [0.3, 0.4) is 0 Å². The standard InChI is InChI=1S/C29H28N2O8/c1-4-15-37-26(33)23-18(3)31(16-22(32)38-17-19-11-7-6-8-12-19)28(35)29(23)20-13-9-10-14-21(20)39-25(30)24(29)27(34)36-5-2/h4,6-14H,1,5,15-17,30H2,2-3H3/t29-/m1/s1. The second kappa shape index (κ2) is 11.3. The van der Waals surface area contributed by atoms with Crippen LogP contribution in [-0.4, -0.2) is 48.5 Å². The summed E-state index contributed by atoms with van der Waals surface area (Å²) in [6, 6.07) is 15.4. The Kier molecular flexibility index (Phi) is 7.85. The number of rotatable bonds is 9. The van der Waals surface area contributed by atoms with Gasteiger partial charge in [-0.3, -0.25) is 9.59 Å². The van der Waals surface area contributed by atoms with Crippen LogP contribution in [0.1, 0.15) is 25.0 Å². The molecule has 2 N–H and O–H groups in total. The van der Waals surface area contributed by atoms with Gasteiger partial charge in [0.15, 0.2) is 0 Å². The van der Waals surface area contributed by atoms with Gasteiger partial charge in [0.2, 0.25) is 11.8 Å². The second-order valence-corrected chi connectivity index (χ2v) is 8.69. The molecule has 0 aromatic heterocycles. The van der Waals surface area contributed by atoms with Gasteiger partial charge in [-0.25, -0.2) is 9.59 Å². The molecule has 2 aliphatic heterocycles. The monoisotopic (exact) mass is 532 g/mol. The molecule has 2 aromatic rings. The van der Waals surface area contributed by atoms with Crippen LogP contribution in [0.5, 0.6) is 5.75 Å². The Morgan fingerprint density at radius 3 is 2.36 bits per heavy atom. The van der Waals surface area contributed by atoms with Crippen LogP contribution in [0.15, 0.2) is 90.0 Å². The van der Waals surface area contributed by atoms with Crippen LogP contribution >= 0.6 is 0 Å². The summed E-state index contributed by atoms with van der Waals surface area (Å²) in [5.41, 5.74) is 4.59. The van der Waals surface area contributed by atoms with Crippen molar-refractivity contribution in [2.24, 2.45) is 5.73 Å². The number of nitrogens with two attached hydrogens (primary N) is 1. The molecule has 0 unspecified atom stereocenters. The van der Waals surface area contributed by atoms with Crippen molar-refractivity contribution in [2.75, 3.05) is 19.8 Å². The number of nitrogens with zero attached hydrogens (tertiary/aromatic N) is 1. The third-order valence-electron chi connectivity index (χ3n) is 6.39. The minimum Gasteiger partial charge on any atom is -0.462 e. The summed E-state index contributed by atoms with van der Waals surface area (Å²) >= 11 is 0. The minimum absolute atomic E-state index is 0.0125. The number of amides is 1. The van der Waals surface area contributed by atoms with Gasteiger partial charge in [-0.2, -0.15) is 0 Å². The number of fused-ring (bicyclic) bond motifs is 2. The molecule has 0 fully saturated rings. The zero-order valence-electron chi connectivity index (χ0n) is 21.6. The van der Waals surface area contributed by atoms with E-state index in [1.54, 1.807) is 55.5 Å². The highest BCUT2D eigenvalue weighted by atomic mass is 16.5. The number of para-hydroxylation sites is 1. The van der Waals surface area contributed by atoms with E-state index < -0.39 is 41.7 Å². The second-order valence-electron chi connectivity index (χ2n) is 8.69. The molecule has 2 heterocycles. The summed E-state index contributed by atoms with van der Waals surface area (Å²) in [7, 11) is 0. The van der Waals surface area contributed by atoms with Crippen LogP contribution in [0.2, 0.25) is 0 Å². The number of hydrogen-bond donors (Lipinski definition) is 1. The summed E-state index contributed by atoms with van der Waals surface area (Å²) in [6.07, 6.45) is 1.37. The molecular formula is C29H28N2O8. The zero-order chi connectivity index (χ0) is 28.2. The first-order valence-corrected chi connectivity index (χ1v) is 12.2. The van der Waals surface area contributed by atoms with Crippen LogP contribution in [0, 0.1) is 0 Å². The van der Waals surface area contributed by atoms with Crippen molar-refractivity contribution in [1.29, 1.82) is 0 Å². The number of hydrogen-bond acceptors (Lipinski definition) is 9.